The summed E-state index contributed by atoms with van der Waals surface area (Å²) < 4.78 is 0. The number of H-pyrrole nitrogens is 1. The van der Waals surface area contributed by atoms with Gasteiger partial charge in [-0.3, -0.25) is 9.89 Å². The number of rotatable bonds is 3. The zero-order valence-electron chi connectivity index (χ0n) is 11.5. The van der Waals surface area contributed by atoms with Crippen molar-refractivity contribution < 1.29 is 4.79 Å². The monoisotopic (exact) mass is 270 g/mol. The van der Waals surface area contributed by atoms with Crippen molar-refractivity contribution in [2.75, 3.05) is 11.1 Å². The fraction of sp³-hybridized carbons (Fsp3) is 0.333. The Morgan fingerprint density at radius 3 is 2.95 bits per heavy atom. The van der Waals surface area contributed by atoms with E-state index in [1.807, 2.05) is 19.1 Å². The average molecular weight is 270 g/mol. The first-order chi connectivity index (χ1) is 9.69. The smallest absolute Gasteiger partial charge is 0.278 e. The Morgan fingerprint density at radius 1 is 1.40 bits per heavy atom. The van der Waals surface area contributed by atoms with Gasteiger partial charge in [0.2, 0.25) is 0 Å². The fourth-order valence-electron chi connectivity index (χ4n) is 2.67. The number of carbonyl (C=O) groups is 1. The van der Waals surface area contributed by atoms with Crippen molar-refractivity contribution in [3.05, 3.63) is 40.7 Å². The van der Waals surface area contributed by atoms with Crippen LogP contribution in [-0.4, -0.2) is 16.1 Å². The minimum Gasteiger partial charge on any atom is -0.395 e. The molecule has 4 N–H and O–H groups in total. The van der Waals surface area contributed by atoms with Gasteiger partial charge in [-0.1, -0.05) is 13.0 Å². The van der Waals surface area contributed by atoms with Crippen LogP contribution in [0.1, 0.15) is 40.7 Å². The van der Waals surface area contributed by atoms with Gasteiger partial charge in [-0.05, 0) is 48.9 Å². The van der Waals surface area contributed by atoms with Crippen molar-refractivity contribution in [3.8, 4) is 0 Å². The summed E-state index contributed by atoms with van der Waals surface area (Å²) in [6, 6.07) is 6.07. The molecule has 5 heteroatoms. The number of aryl methyl sites for hydroxylation is 3. The van der Waals surface area contributed by atoms with Crippen LogP contribution in [0.2, 0.25) is 0 Å². The molecular weight excluding hydrogens is 252 g/mol. The second kappa shape index (κ2) is 5.00. The molecule has 3 rings (SSSR count). The maximum atomic E-state index is 12.2. The van der Waals surface area contributed by atoms with E-state index in [4.69, 9.17) is 5.73 Å². The zero-order chi connectivity index (χ0) is 14.1. The molecule has 0 atom stereocenters. The van der Waals surface area contributed by atoms with Gasteiger partial charge in [-0.25, -0.2) is 0 Å². The molecule has 0 radical (unpaired) electrons. The lowest BCUT2D eigenvalue weighted by molar-refractivity contribution is 0.102. The van der Waals surface area contributed by atoms with Crippen molar-refractivity contribution >= 4 is 17.3 Å². The molecule has 20 heavy (non-hydrogen) atoms. The Kier molecular flexibility index (Phi) is 3.18. The first-order valence-electron chi connectivity index (χ1n) is 6.95. The molecule has 1 aromatic carbocycles. The highest BCUT2D eigenvalue weighted by atomic mass is 16.2. The Hall–Kier alpha value is -2.30. The first kappa shape index (κ1) is 12.7. The van der Waals surface area contributed by atoms with E-state index >= 15 is 0 Å². The number of anilines is 2. The lowest BCUT2D eigenvalue weighted by Gasteiger charge is -2.06. The number of nitrogen functional groups attached to an aromatic ring is 1. The second-order valence-electron chi connectivity index (χ2n) is 5.11. The number of benzene rings is 1. The molecule has 1 aliphatic carbocycles. The zero-order valence-corrected chi connectivity index (χ0v) is 11.5. The van der Waals surface area contributed by atoms with Gasteiger partial charge < -0.3 is 11.1 Å². The second-order valence-corrected chi connectivity index (χ2v) is 5.11. The summed E-state index contributed by atoms with van der Waals surface area (Å²) in [5.74, 6) is -0.267. The third-order valence-electron chi connectivity index (χ3n) is 3.81. The molecule has 0 saturated heterocycles. The molecule has 0 unspecified atom stereocenters. The van der Waals surface area contributed by atoms with Gasteiger partial charge >= 0.3 is 0 Å². The Labute approximate surface area is 117 Å². The largest absolute Gasteiger partial charge is 0.395 e. The normalized spacial score (nSPS) is 13.2. The van der Waals surface area contributed by atoms with Crippen molar-refractivity contribution in [1.29, 1.82) is 0 Å². The van der Waals surface area contributed by atoms with Gasteiger partial charge in [0.1, 0.15) is 0 Å². The molecule has 1 aromatic heterocycles. The number of aromatic nitrogens is 2. The summed E-state index contributed by atoms with van der Waals surface area (Å²) in [4.78, 5) is 12.2. The Morgan fingerprint density at radius 2 is 2.20 bits per heavy atom. The van der Waals surface area contributed by atoms with E-state index in [0.717, 1.165) is 30.6 Å². The number of nitrogens with one attached hydrogen (secondary N) is 2. The van der Waals surface area contributed by atoms with E-state index in [-0.39, 0.29) is 11.6 Å². The van der Waals surface area contributed by atoms with Crippen LogP contribution in [0.15, 0.2) is 18.2 Å². The van der Waals surface area contributed by atoms with Crippen molar-refractivity contribution in [2.24, 2.45) is 0 Å². The minimum absolute atomic E-state index is 0.266. The summed E-state index contributed by atoms with van der Waals surface area (Å²) in [6.07, 6.45) is 4.14. The molecule has 5 nitrogen and oxygen atoms in total. The molecule has 0 bridgehead atoms. The summed E-state index contributed by atoms with van der Waals surface area (Å²) in [5.41, 5.74) is 10.9. The molecular formula is C15H18N4O. The van der Waals surface area contributed by atoms with Crippen molar-refractivity contribution in [3.63, 3.8) is 0 Å². The van der Waals surface area contributed by atoms with E-state index < -0.39 is 0 Å². The van der Waals surface area contributed by atoms with Crippen LogP contribution in [0.5, 0.6) is 0 Å². The van der Waals surface area contributed by atoms with E-state index in [1.165, 1.54) is 17.5 Å². The van der Waals surface area contributed by atoms with Crippen LogP contribution in [0, 0.1) is 0 Å². The topological polar surface area (TPSA) is 83.8 Å². The average Bonchev–Trinajstić information content (AvgIpc) is 3.04. The number of fused-ring (bicyclic) bond motifs is 1. The Bertz CT molecular complexity index is 660. The predicted octanol–water partition coefficient (Wildman–Crippen LogP) is 2.30. The van der Waals surface area contributed by atoms with Crippen LogP contribution >= 0.6 is 0 Å². The summed E-state index contributed by atoms with van der Waals surface area (Å²) in [5, 5.41) is 9.65. The quantitative estimate of drug-likeness (QED) is 0.800. The molecule has 104 valence electrons. The molecule has 1 aliphatic rings. The van der Waals surface area contributed by atoms with Gasteiger partial charge in [0, 0.05) is 5.69 Å². The van der Waals surface area contributed by atoms with Crippen molar-refractivity contribution in [1.82, 2.24) is 10.2 Å². The van der Waals surface area contributed by atoms with Crippen LogP contribution in [0.4, 0.5) is 11.4 Å². The third-order valence-corrected chi connectivity index (χ3v) is 3.81. The highest BCUT2D eigenvalue weighted by Crippen LogP contribution is 2.25. The third kappa shape index (κ3) is 2.15. The maximum Gasteiger partial charge on any atom is 0.278 e. The highest BCUT2D eigenvalue weighted by molar-refractivity contribution is 6.06. The molecule has 2 aromatic rings. The lowest BCUT2D eigenvalue weighted by Crippen LogP contribution is -2.14. The van der Waals surface area contributed by atoms with Gasteiger partial charge in [-0.15, -0.1) is 0 Å². The molecule has 0 spiro atoms. The molecule has 1 heterocycles. The number of nitrogens with two attached hydrogens (primary N) is 1. The summed E-state index contributed by atoms with van der Waals surface area (Å²) in [7, 11) is 0. The number of hydrogen-bond donors (Lipinski definition) is 3. The Balaban J connectivity index is 1.80. The lowest BCUT2D eigenvalue weighted by atomic mass is 10.1. The number of nitrogens with zero attached hydrogens (tertiary/aromatic N) is 1. The van der Waals surface area contributed by atoms with Crippen molar-refractivity contribution in [2.45, 2.75) is 32.6 Å². The number of amides is 1. The van der Waals surface area contributed by atoms with Crippen LogP contribution < -0.4 is 11.1 Å². The number of aromatic amines is 1. The number of hydrogen-bond acceptors (Lipinski definition) is 3. The van der Waals surface area contributed by atoms with Crippen LogP contribution in [0.3, 0.4) is 0 Å². The van der Waals surface area contributed by atoms with Gasteiger partial charge in [0.25, 0.3) is 5.91 Å². The van der Waals surface area contributed by atoms with Gasteiger partial charge in [0.05, 0.1) is 11.4 Å². The standard InChI is InChI=1S/C15H18N4O/c1-2-12-13(16)14(19-18-12)15(20)17-11-7-6-9-4-3-5-10(9)8-11/h6-8H,2-5,16H2,1H3,(H,17,20)(H,18,19). The minimum atomic E-state index is -0.267. The van der Waals surface area contributed by atoms with Gasteiger partial charge in [-0.2, -0.15) is 5.10 Å². The number of carbonyl (C=O) groups excluding carboxylic acids is 1. The van der Waals surface area contributed by atoms with Crippen LogP contribution in [0.25, 0.3) is 0 Å². The first-order valence-corrected chi connectivity index (χ1v) is 6.95. The van der Waals surface area contributed by atoms with E-state index in [1.54, 1.807) is 0 Å². The van der Waals surface area contributed by atoms with Crippen LogP contribution in [-0.2, 0) is 19.3 Å². The fourth-order valence-corrected chi connectivity index (χ4v) is 2.67. The molecule has 0 saturated carbocycles. The van der Waals surface area contributed by atoms with Gasteiger partial charge in [0.15, 0.2) is 5.69 Å². The van der Waals surface area contributed by atoms with E-state index in [0.29, 0.717) is 5.69 Å². The summed E-state index contributed by atoms with van der Waals surface area (Å²) in [6.45, 7) is 1.96. The van der Waals surface area contributed by atoms with E-state index in [2.05, 4.69) is 21.6 Å². The molecule has 1 amide bonds. The summed E-state index contributed by atoms with van der Waals surface area (Å²) >= 11 is 0. The highest BCUT2D eigenvalue weighted by Gasteiger charge is 2.17. The maximum absolute atomic E-state index is 12.2. The predicted molar refractivity (Wildman–Crippen MR) is 78.8 cm³/mol. The SMILES string of the molecule is CCc1[nH]nc(C(=O)Nc2ccc3c(c2)CCC3)c1N. The molecule has 0 aliphatic heterocycles. The molecule has 0 fully saturated rings. The van der Waals surface area contributed by atoms with E-state index in [9.17, 15) is 4.79 Å².